The molecule has 0 aliphatic heterocycles. The average molecular weight is 725 g/mol. The summed E-state index contributed by atoms with van der Waals surface area (Å²) in [6.45, 7) is 12.8. The van der Waals surface area contributed by atoms with E-state index in [-0.39, 0.29) is 18.9 Å². The third kappa shape index (κ3) is 14.9. The van der Waals surface area contributed by atoms with E-state index in [1.54, 1.807) is 0 Å². The Morgan fingerprint density at radius 1 is 0.808 bits per heavy atom. The molecule has 0 unspecified atom stereocenters. The van der Waals surface area contributed by atoms with Crippen LogP contribution in [-0.4, -0.2) is 115 Å². The second-order valence-electron chi connectivity index (χ2n) is 12.6. The Balaban J connectivity index is 0.989. The minimum Gasteiger partial charge on any atom is -0.444 e. The number of benzene rings is 1. The van der Waals surface area contributed by atoms with Gasteiger partial charge >= 0.3 is 6.09 Å². The van der Waals surface area contributed by atoms with E-state index in [4.69, 9.17) is 33.4 Å². The lowest BCUT2D eigenvalue weighted by Crippen LogP contribution is -2.34. The number of fused-ring (bicyclic) bond motifs is 1. The van der Waals surface area contributed by atoms with E-state index < -0.39 is 11.7 Å². The SMILES string of the molecule is CCCn1cc(-c2nc(Nc3ccc(NC(=O)CCOCCOCCOCCOCCOCCNC(=O)OC(C)(C)C)cc3)nc3[nH]ccc23)cn1. The first-order valence-corrected chi connectivity index (χ1v) is 17.6. The Morgan fingerprint density at radius 3 is 2.06 bits per heavy atom. The third-order valence-corrected chi connectivity index (χ3v) is 7.08. The Morgan fingerprint density at radius 2 is 1.42 bits per heavy atom. The summed E-state index contributed by atoms with van der Waals surface area (Å²) in [4.78, 5) is 36.5. The lowest BCUT2D eigenvalue weighted by Gasteiger charge is -2.19. The topological polar surface area (TPSA) is 185 Å². The fourth-order valence-corrected chi connectivity index (χ4v) is 4.73. The number of anilines is 3. The molecular formula is C36H52N8O8. The van der Waals surface area contributed by atoms with Gasteiger partial charge < -0.3 is 49.4 Å². The number of hydrogen-bond donors (Lipinski definition) is 4. The number of aromatic nitrogens is 5. The Hall–Kier alpha value is -4.61. The first-order valence-electron chi connectivity index (χ1n) is 17.6. The maximum absolute atomic E-state index is 12.4. The van der Waals surface area contributed by atoms with Crippen LogP contribution in [0.4, 0.5) is 22.1 Å². The quantitative estimate of drug-likeness (QED) is 0.0717. The molecule has 0 fully saturated rings. The average Bonchev–Trinajstić information content (AvgIpc) is 3.78. The zero-order valence-corrected chi connectivity index (χ0v) is 30.6. The lowest BCUT2D eigenvalue weighted by atomic mass is 10.2. The van der Waals surface area contributed by atoms with Crippen LogP contribution in [0.15, 0.2) is 48.9 Å². The van der Waals surface area contributed by atoms with Crippen LogP contribution in [0, 0.1) is 0 Å². The highest BCUT2D eigenvalue weighted by Gasteiger charge is 2.16. The number of alkyl carbamates (subject to hydrolysis) is 1. The van der Waals surface area contributed by atoms with Gasteiger partial charge in [-0.25, -0.2) is 9.78 Å². The second-order valence-corrected chi connectivity index (χ2v) is 12.6. The summed E-state index contributed by atoms with van der Waals surface area (Å²) in [5.41, 5.74) is 3.37. The smallest absolute Gasteiger partial charge is 0.407 e. The lowest BCUT2D eigenvalue weighted by molar-refractivity contribution is -0.117. The third-order valence-electron chi connectivity index (χ3n) is 7.08. The summed E-state index contributed by atoms with van der Waals surface area (Å²) in [7, 11) is 0. The molecule has 0 spiro atoms. The molecule has 0 aliphatic carbocycles. The van der Waals surface area contributed by atoms with Crippen molar-refractivity contribution >= 4 is 40.4 Å². The van der Waals surface area contributed by atoms with Crippen molar-refractivity contribution in [3.05, 3.63) is 48.9 Å². The minimum atomic E-state index is -0.523. The molecule has 0 saturated carbocycles. The van der Waals surface area contributed by atoms with E-state index in [1.165, 1.54) is 0 Å². The number of rotatable bonds is 24. The van der Waals surface area contributed by atoms with Gasteiger partial charge in [-0.15, -0.1) is 0 Å². The van der Waals surface area contributed by atoms with E-state index in [9.17, 15) is 9.59 Å². The van der Waals surface area contributed by atoms with Gasteiger partial charge in [0, 0.05) is 47.8 Å². The molecule has 3 aromatic heterocycles. The van der Waals surface area contributed by atoms with Crippen molar-refractivity contribution in [1.82, 2.24) is 30.0 Å². The van der Waals surface area contributed by atoms with Gasteiger partial charge in [0.05, 0.1) is 84.4 Å². The molecule has 1 aromatic carbocycles. The number of aromatic amines is 1. The normalized spacial score (nSPS) is 11.5. The van der Waals surface area contributed by atoms with Crippen molar-refractivity contribution in [2.45, 2.75) is 52.7 Å². The van der Waals surface area contributed by atoms with Crippen molar-refractivity contribution in [1.29, 1.82) is 0 Å². The standard InChI is InChI=1S/C36H52N8O8/c1-5-14-44-26-27(25-39-44)32-30-10-12-37-33(30)43-34(42-32)41-29-8-6-28(7-9-29)40-31(45)11-15-47-17-19-49-21-23-51-24-22-50-20-18-48-16-13-38-35(46)52-36(2,3)4/h6-10,12,25-26H,5,11,13-24H2,1-4H3,(H,38,46)(H,40,45)(H2,37,41,42,43). The van der Waals surface area contributed by atoms with Crippen molar-refractivity contribution in [3.63, 3.8) is 0 Å². The highest BCUT2D eigenvalue weighted by atomic mass is 16.6. The van der Waals surface area contributed by atoms with Crippen LogP contribution in [0.3, 0.4) is 0 Å². The Labute approximate surface area is 304 Å². The van der Waals surface area contributed by atoms with Gasteiger partial charge in [0.1, 0.15) is 11.2 Å². The van der Waals surface area contributed by atoms with E-state index in [0.717, 1.165) is 40.9 Å². The number of carbonyl (C=O) groups excluding carboxylic acids is 2. The molecule has 0 bridgehead atoms. The molecule has 284 valence electrons. The maximum atomic E-state index is 12.4. The number of nitrogens with one attached hydrogen (secondary N) is 4. The van der Waals surface area contributed by atoms with E-state index >= 15 is 0 Å². The zero-order valence-electron chi connectivity index (χ0n) is 30.6. The Bertz CT molecular complexity index is 1640. The van der Waals surface area contributed by atoms with Gasteiger partial charge in [-0.05, 0) is 57.5 Å². The van der Waals surface area contributed by atoms with Gasteiger partial charge in [0.25, 0.3) is 0 Å². The summed E-state index contributed by atoms with van der Waals surface area (Å²) in [6.07, 6.45) is 6.41. The molecule has 16 nitrogen and oxygen atoms in total. The number of carbonyl (C=O) groups is 2. The fourth-order valence-electron chi connectivity index (χ4n) is 4.73. The molecule has 4 rings (SSSR count). The van der Waals surface area contributed by atoms with E-state index in [1.807, 2.05) is 74.4 Å². The van der Waals surface area contributed by atoms with Gasteiger partial charge in [0.2, 0.25) is 11.9 Å². The number of nitrogens with zero attached hydrogens (tertiary/aromatic N) is 4. The summed E-state index contributed by atoms with van der Waals surface area (Å²) in [5.74, 6) is 0.305. The van der Waals surface area contributed by atoms with Crippen molar-refractivity contribution < 1.29 is 38.0 Å². The van der Waals surface area contributed by atoms with Gasteiger partial charge in [-0.2, -0.15) is 10.1 Å². The zero-order chi connectivity index (χ0) is 37.0. The maximum Gasteiger partial charge on any atom is 0.407 e. The van der Waals surface area contributed by atoms with Crippen LogP contribution in [0.1, 0.15) is 40.5 Å². The fraction of sp³-hybridized carbons (Fsp3) is 0.528. The van der Waals surface area contributed by atoms with Gasteiger partial charge in [-0.1, -0.05) is 6.92 Å². The molecule has 0 aliphatic rings. The molecule has 4 N–H and O–H groups in total. The summed E-state index contributed by atoms with van der Waals surface area (Å²) < 4.78 is 34.4. The highest BCUT2D eigenvalue weighted by Crippen LogP contribution is 2.28. The highest BCUT2D eigenvalue weighted by molar-refractivity contribution is 5.92. The van der Waals surface area contributed by atoms with Crippen LogP contribution in [-0.2, 0) is 39.8 Å². The summed E-state index contributed by atoms with van der Waals surface area (Å²) in [5, 5.41) is 14.1. The first kappa shape index (κ1) is 40.2. The van der Waals surface area contributed by atoms with Crippen LogP contribution in [0.2, 0.25) is 0 Å². The van der Waals surface area contributed by atoms with Crippen molar-refractivity contribution in [2.24, 2.45) is 0 Å². The molecule has 0 radical (unpaired) electrons. The van der Waals surface area contributed by atoms with Crippen LogP contribution < -0.4 is 16.0 Å². The first-order chi connectivity index (χ1) is 25.2. The van der Waals surface area contributed by atoms with Crippen LogP contribution >= 0.6 is 0 Å². The second kappa shape index (κ2) is 21.7. The molecule has 0 saturated heterocycles. The van der Waals surface area contributed by atoms with E-state index in [0.29, 0.717) is 77.6 Å². The molecular weight excluding hydrogens is 672 g/mol. The molecule has 52 heavy (non-hydrogen) atoms. The number of amides is 2. The summed E-state index contributed by atoms with van der Waals surface area (Å²) in [6, 6.07) is 9.30. The summed E-state index contributed by atoms with van der Waals surface area (Å²) >= 11 is 0. The van der Waals surface area contributed by atoms with Gasteiger partial charge in [0.15, 0.2) is 0 Å². The Kier molecular flexibility index (Phi) is 16.7. The van der Waals surface area contributed by atoms with Gasteiger partial charge in [-0.3, -0.25) is 9.48 Å². The van der Waals surface area contributed by atoms with Crippen molar-refractivity contribution in [3.8, 4) is 11.3 Å². The number of aryl methyl sites for hydroxylation is 1. The molecule has 0 atom stereocenters. The number of ether oxygens (including phenoxy) is 6. The molecule has 2 amide bonds. The minimum absolute atomic E-state index is 0.146. The van der Waals surface area contributed by atoms with Crippen LogP contribution in [0.25, 0.3) is 22.3 Å². The molecule has 3 heterocycles. The largest absolute Gasteiger partial charge is 0.444 e. The van der Waals surface area contributed by atoms with E-state index in [2.05, 4.69) is 37.9 Å². The molecule has 16 heteroatoms. The number of H-pyrrole nitrogens is 1. The molecule has 4 aromatic rings. The van der Waals surface area contributed by atoms with Crippen molar-refractivity contribution in [2.75, 3.05) is 83.2 Å². The predicted octanol–water partition coefficient (Wildman–Crippen LogP) is 4.91. The number of hydrogen-bond acceptors (Lipinski definition) is 12. The predicted molar refractivity (Wildman–Crippen MR) is 197 cm³/mol. The monoisotopic (exact) mass is 724 g/mol. The van der Waals surface area contributed by atoms with Crippen LogP contribution in [0.5, 0.6) is 0 Å².